The van der Waals surface area contributed by atoms with Crippen molar-refractivity contribution >= 4 is 99.4 Å². The first-order chi connectivity index (χ1) is 72.3. The number of hydrogen-bond acceptors (Lipinski definition) is 14. The van der Waals surface area contributed by atoms with Crippen LogP contribution in [0.5, 0.6) is 0 Å². The molecule has 0 saturated heterocycles. The third-order valence-electron chi connectivity index (χ3n) is 34.9. The van der Waals surface area contributed by atoms with Gasteiger partial charge >= 0.3 is 97.5 Å². The molecule has 0 spiro atoms. The molecule has 4 aromatic carbocycles. The molecule has 0 radical (unpaired) electrons. The fraction of sp³-hybridized carbons (Fsp3) is 0.576. The Hall–Kier alpha value is -8.63. The summed E-state index contributed by atoms with van der Waals surface area (Å²) < 4.78 is 22.3. The fourth-order valence-corrected chi connectivity index (χ4v) is 39.5. The van der Waals surface area contributed by atoms with Gasteiger partial charge in [0, 0.05) is 52.9 Å². The van der Waals surface area contributed by atoms with Gasteiger partial charge in [-0.3, -0.25) is 48.3 Å². The fourth-order valence-electron chi connectivity index (χ4n) is 27.2. The van der Waals surface area contributed by atoms with Crippen LogP contribution in [0.3, 0.4) is 0 Å². The van der Waals surface area contributed by atoms with Gasteiger partial charge in [0.05, 0.1) is 99.2 Å². The Bertz CT molecular complexity index is 5120. The van der Waals surface area contributed by atoms with Crippen molar-refractivity contribution < 1.29 is 80.4 Å². The predicted octanol–water partition coefficient (Wildman–Crippen LogP) is 28.7. The number of fused-ring (bicyclic) bond motifs is 7. The summed E-state index contributed by atoms with van der Waals surface area (Å²) in [4.78, 5) is 126. The van der Waals surface area contributed by atoms with Gasteiger partial charge in [0.2, 0.25) is 0 Å². The van der Waals surface area contributed by atoms with Crippen molar-refractivity contribution in [3.8, 4) is 0 Å². The minimum atomic E-state index is -1.61. The van der Waals surface area contributed by atoms with Crippen molar-refractivity contribution in [3.63, 3.8) is 0 Å². The van der Waals surface area contributed by atoms with Crippen LogP contribution in [-0.2, 0) is 42.1 Å². The minimum absolute atomic E-state index is 0.0465. The Morgan fingerprint density at radius 1 is 0.409 bits per heavy atom. The predicted molar refractivity (Wildman–Crippen MR) is 603 cm³/mol. The van der Waals surface area contributed by atoms with Crippen LogP contribution in [0.2, 0.25) is 0 Å². The Kier molecular flexibility index (Phi) is 46.0. The number of nitrogens with zero attached hydrogens (tertiary/aromatic N) is 3. The van der Waals surface area contributed by atoms with E-state index in [2.05, 4.69) is 80.0 Å². The molecular formula is C125H169Cl2N5O14P2Ru+2. The molecule has 19 nitrogen and oxygen atoms in total. The monoisotopic (exact) mass is 2200 g/mol. The number of nitrogens with one attached hydrogen (secondary N) is 2. The average molecular weight is 2200 g/mol. The molecule has 24 heteroatoms. The van der Waals surface area contributed by atoms with E-state index in [-0.39, 0.29) is 126 Å². The molecule has 4 bridgehead atoms. The van der Waals surface area contributed by atoms with Gasteiger partial charge < -0.3 is 29.6 Å². The van der Waals surface area contributed by atoms with Crippen LogP contribution in [0.15, 0.2) is 214 Å². The summed E-state index contributed by atoms with van der Waals surface area (Å²) in [6.07, 6.45) is 79.5. The van der Waals surface area contributed by atoms with Gasteiger partial charge in [-0.15, -0.1) is 26.3 Å². The standard InChI is InChI=1S/C33H40N2O6.C18H19NO2.2C18H33P.C16H15NO2.C15H21NO4.C7H6.2ClH.Ru/c1-5-22-15-25(26(16-22)19-35-30(36)28-9-7-8-10-29(28)31(35)37)12-11-23-17-24(6-2)27(18-23)20-41-33(39)34-13-14-40-32(38)21(3)4;1-3-12-9-13(4-2)14(10-12)11-19-17(20)15-7-5-6-8-16(15)18(19)21;2*1-4-10-16(11-5-1)19(17-12-6-2-7-13-17)18-14-8-3-9-15-18;18-15-13-3-1-2-4-14(13)16(19)17(15)9-12-8-10-5-6-11(12)7-10;1-10(2)14(17)19-6-5-16-15(18)20-9-13-8-11-3-4-12(13)7-11;1-7-5-3-2-4-6-7;;;/h5-12,22-27H,1-3,13-20H2,4H3,(H,34,39);3-8,12-14H,1-2,9-11H2;2*16-18H,1-15H2;1-6,10-12H,7-9H2;3-4,9-12H,5-8H2,1-2H3,(H,16,18);1-6H;2*1H;/q;;;;;;;;;+2/b12-11-;;;;;;;;;. The summed E-state index contributed by atoms with van der Waals surface area (Å²) in [5.41, 5.74) is 13.1. The summed E-state index contributed by atoms with van der Waals surface area (Å²) in [7, 11) is 11.2. The van der Waals surface area contributed by atoms with Crippen LogP contribution in [0, 0.1) is 88.8 Å². The van der Waals surface area contributed by atoms with E-state index in [1.807, 2.05) is 71.4 Å². The SMILES string of the molecule is C1CCC([PH+](C2CCCCC2)C2CCCCC2)CC1.C1CCC([PH+](C2CCCCC2)C2CCCCC2)CC1.C=CC1CC(/C=C\C2CC(C=C)C(COC(=O)NCCOC(=O)C(=C)C)C2)C(CN2C(=O)c3ccccc3C2=O)C1.C=CC1CC(C=C)C(CN2C(=O)c3ccccc3C2=O)C1.CC(C)C(=O)OCCNC(=O)OC=C1CC2C=CC1C2.O=C1c2ccccc2C(=O)N1CC1CC2C=CC1C2.[Cl][Ru]([Cl])=[CH]c1ccccc1. The normalized spacial score (nSPS) is 26.9. The Balaban J connectivity index is 0.000000142. The Morgan fingerprint density at radius 2 is 0.785 bits per heavy atom. The number of carbonyl (C=O) groups is 10. The van der Waals surface area contributed by atoms with Crippen LogP contribution in [0.1, 0.15) is 345 Å². The maximum atomic E-state index is 13.0. The van der Waals surface area contributed by atoms with Crippen molar-refractivity contribution in [2.45, 2.75) is 312 Å². The van der Waals surface area contributed by atoms with E-state index < -0.39 is 31.7 Å². The molecule has 14 atom stereocenters. The first kappa shape index (κ1) is 116. The molecule has 20 rings (SSSR count). The number of ether oxygens (including phenoxy) is 4. The van der Waals surface area contributed by atoms with Crippen molar-refractivity contribution in [1.82, 2.24) is 25.3 Å². The average Bonchev–Trinajstić information content (AvgIpc) is 1.62. The van der Waals surface area contributed by atoms with Gasteiger partial charge in [0.1, 0.15) is 13.2 Å². The number of halogens is 2. The molecule has 808 valence electrons. The summed E-state index contributed by atoms with van der Waals surface area (Å²) in [5, 5.41) is 5.14. The molecule has 3 aliphatic heterocycles. The van der Waals surface area contributed by atoms with Crippen LogP contribution in [-0.4, -0.2) is 165 Å². The number of imide groups is 3. The van der Waals surface area contributed by atoms with Crippen LogP contribution in [0.25, 0.3) is 0 Å². The zero-order valence-corrected chi connectivity index (χ0v) is 94.3. The molecule has 13 aliphatic carbocycles. The maximum absolute atomic E-state index is 13.0. The molecule has 14 unspecified atom stereocenters. The first-order valence-corrected chi connectivity index (χ1v) is 65.9. The van der Waals surface area contributed by atoms with E-state index in [0.717, 1.165) is 63.4 Å². The zero-order valence-electron chi connectivity index (χ0n) is 89.0. The first-order valence-electron chi connectivity index (χ1n) is 56.9. The third kappa shape index (κ3) is 32.8. The van der Waals surface area contributed by atoms with Crippen molar-refractivity contribution in [2.24, 2.45) is 88.8 Å². The number of alkyl carbamates (subject to hydrolysis) is 2. The number of rotatable bonds is 30. The second-order valence-corrected chi connectivity index (χ2v) is 58.0. The van der Waals surface area contributed by atoms with Crippen molar-refractivity contribution in [1.29, 1.82) is 0 Å². The number of amides is 8. The van der Waals surface area contributed by atoms with E-state index in [4.69, 9.17) is 38.3 Å². The Morgan fingerprint density at radius 3 is 1.15 bits per heavy atom. The number of allylic oxidation sites excluding steroid dienone is 11. The molecule has 4 aromatic rings. The van der Waals surface area contributed by atoms with Gasteiger partial charge in [-0.2, -0.15) is 0 Å². The molecule has 8 amide bonds. The second kappa shape index (κ2) is 59.2. The molecule has 3 heterocycles. The van der Waals surface area contributed by atoms with Crippen molar-refractivity contribution in [2.75, 3.05) is 52.5 Å². The molecule has 11 saturated carbocycles. The van der Waals surface area contributed by atoms with Gasteiger partial charge in [-0.05, 0) is 338 Å². The quantitative estimate of drug-likeness (QED) is 0.00568. The topological polar surface area (TPSA) is 241 Å². The van der Waals surface area contributed by atoms with Crippen LogP contribution < -0.4 is 10.6 Å². The molecule has 11 fully saturated rings. The zero-order chi connectivity index (χ0) is 105. The van der Waals surface area contributed by atoms with Gasteiger partial charge in [0.25, 0.3) is 35.4 Å². The van der Waals surface area contributed by atoms with E-state index in [1.54, 1.807) is 280 Å². The Labute approximate surface area is 904 Å². The molecule has 16 aliphatic rings. The van der Waals surface area contributed by atoms with Gasteiger partial charge in [-0.1, -0.05) is 156 Å². The number of hydrogen-bond donors (Lipinski definition) is 2. The molecular weight excluding hydrogens is 2030 g/mol. The third-order valence-corrected chi connectivity index (χ3v) is 45.9. The van der Waals surface area contributed by atoms with E-state index in [1.165, 1.54) is 60.6 Å². The second-order valence-electron chi connectivity index (χ2n) is 45.3. The summed E-state index contributed by atoms with van der Waals surface area (Å²) >= 11 is -1.61. The molecule has 0 aromatic heterocycles. The van der Waals surface area contributed by atoms with E-state index in [9.17, 15) is 47.9 Å². The van der Waals surface area contributed by atoms with Gasteiger partial charge in [0.15, 0.2) is 0 Å². The van der Waals surface area contributed by atoms with Crippen molar-refractivity contribution in [3.05, 3.63) is 253 Å². The van der Waals surface area contributed by atoms with Gasteiger partial charge in [-0.25, -0.2) is 14.4 Å². The molecule has 149 heavy (non-hydrogen) atoms. The number of benzene rings is 4. The number of esters is 2. The summed E-state index contributed by atoms with van der Waals surface area (Å²) in [6, 6.07) is 31.1. The summed E-state index contributed by atoms with van der Waals surface area (Å²) in [6.45, 7) is 26.7. The molecule has 2 N–H and O–H groups in total. The number of carbonyl (C=O) groups excluding carboxylic acids is 10. The van der Waals surface area contributed by atoms with Crippen LogP contribution in [0.4, 0.5) is 9.59 Å². The van der Waals surface area contributed by atoms with E-state index in [0.29, 0.717) is 112 Å². The summed E-state index contributed by atoms with van der Waals surface area (Å²) in [5.74, 6) is 3.40. The van der Waals surface area contributed by atoms with Crippen LogP contribution >= 0.6 is 35.2 Å². The van der Waals surface area contributed by atoms with E-state index >= 15 is 0 Å².